The molecule has 27 atom stereocenters. The van der Waals surface area contributed by atoms with E-state index in [1.807, 2.05) is 32.9 Å². The van der Waals surface area contributed by atoms with Crippen LogP contribution in [0, 0.1) is 46.1 Å². The Morgan fingerprint density at radius 2 is 1.52 bits per heavy atom. The number of hydrogen-bond donors (Lipinski definition) is 7. The topological polar surface area (TPSA) is 328 Å². The second-order valence-corrected chi connectivity index (χ2v) is 25.8. The van der Waals surface area contributed by atoms with E-state index in [-0.39, 0.29) is 55.8 Å². The number of allylic oxidation sites excluding steroid dienone is 3. The number of rotatable bonds is 12. The molecular weight excluding hydrogens is 1110 g/mol. The molecule has 1 spiro atoms. The predicted octanol–water partition coefficient (Wildman–Crippen LogP) is 3.60. The number of aldehydes is 1. The first kappa shape index (κ1) is 64.9. The molecule has 9 aliphatic rings. The molecule has 474 valence electrons. The molecule has 4 aliphatic carbocycles. The van der Waals surface area contributed by atoms with Gasteiger partial charge >= 0.3 is 18.0 Å². The maximum Gasteiger partial charge on any atom is 0.407 e. The summed E-state index contributed by atoms with van der Waals surface area (Å²) in [5.41, 5.74) is -4.63. The molecule has 24 heteroatoms. The molecule has 0 radical (unpaired) electrons. The third-order valence-electron chi connectivity index (χ3n) is 20.0. The molecule has 6 fully saturated rings. The molecule has 1 saturated carbocycles. The Kier molecular flexibility index (Phi) is 19.5. The number of Topliss-reactive ketones (excluding diaryl/α,β-unsaturated/α-hetero) is 1. The van der Waals surface area contributed by atoms with E-state index >= 15 is 4.79 Å². The molecule has 0 aromatic rings. The number of hydroxylamine groups is 2. The fraction of sp³-hybridized carbons (Fsp3) is 0.754. The van der Waals surface area contributed by atoms with E-state index in [4.69, 9.17) is 52.1 Å². The number of esters is 2. The minimum absolute atomic E-state index is 0.00719. The number of methoxy groups -OCH3 is 1. The number of carbonyl (C=O) groups is 5. The van der Waals surface area contributed by atoms with Gasteiger partial charge in [-0.1, -0.05) is 50.6 Å². The van der Waals surface area contributed by atoms with E-state index in [2.05, 4.69) is 25.2 Å². The zero-order valence-corrected chi connectivity index (χ0v) is 50.6. The van der Waals surface area contributed by atoms with Crippen LogP contribution in [0.5, 0.6) is 0 Å². The van der Waals surface area contributed by atoms with Crippen molar-refractivity contribution < 1.29 is 107 Å². The molecule has 24 nitrogen and oxygen atoms in total. The van der Waals surface area contributed by atoms with Crippen LogP contribution in [-0.4, -0.2) is 185 Å². The highest BCUT2D eigenvalue weighted by atomic mass is 16.8. The van der Waals surface area contributed by atoms with Gasteiger partial charge in [-0.25, -0.2) is 20.0 Å². The summed E-state index contributed by atoms with van der Waals surface area (Å²) in [6.07, 6.45) is -4.16. The molecule has 2 bridgehead atoms. The zero-order chi connectivity index (χ0) is 61.9. The van der Waals surface area contributed by atoms with E-state index in [0.717, 1.165) is 5.57 Å². The molecular formula is C61H88N2O22. The van der Waals surface area contributed by atoms with Crippen molar-refractivity contribution in [3.63, 3.8) is 0 Å². The standard InChI is InChI=1S/C61H88N2O22/c1-27-13-16-43(82-48-24-59(10,63(73)74)54(34(8)79-48)62-58(72)75-12)28(2)18-40-41(66)19-36(25-64)23-61(40)56(70)49(57(71)85-61)55(69)60(11)39(27)15-14-38-50(60)29(3)17-30(4)52(38)84-47-22-45(53(33(7)78-47)80-35(9)65)81-37-20-44(31(5)76-26-37)83-46-21-42(67)51(68)32(6)77-46/h13-15,18-19,25,29-34,37-48,50-54,63,66-69,73H,16-17,20-24,26H2,1-12H3,(H,62,72). The minimum atomic E-state index is -2.18. The molecule has 0 aromatic heterocycles. The smallest absolute Gasteiger partial charge is 0.407 e. The number of hydrogen-bond acceptors (Lipinski definition) is 22. The van der Waals surface area contributed by atoms with Crippen LogP contribution in [0.25, 0.3) is 0 Å². The van der Waals surface area contributed by atoms with Crippen LogP contribution >= 0.6 is 0 Å². The Labute approximate surface area is 495 Å². The van der Waals surface area contributed by atoms with Crippen molar-refractivity contribution in [1.82, 2.24) is 5.32 Å². The second kappa shape index (κ2) is 25.5. The van der Waals surface area contributed by atoms with Gasteiger partial charge in [0.2, 0.25) is 5.78 Å². The van der Waals surface area contributed by atoms with Gasteiger partial charge in [-0.15, -0.1) is 0 Å². The van der Waals surface area contributed by atoms with Crippen molar-refractivity contribution in [2.75, 3.05) is 13.7 Å². The summed E-state index contributed by atoms with van der Waals surface area (Å²) in [5, 5.41) is 71.0. The van der Waals surface area contributed by atoms with Crippen LogP contribution in [0.4, 0.5) is 4.79 Å². The van der Waals surface area contributed by atoms with Gasteiger partial charge in [0.15, 0.2) is 36.1 Å². The van der Waals surface area contributed by atoms with Gasteiger partial charge in [-0.05, 0) is 96.3 Å². The molecule has 5 saturated heterocycles. The number of alkyl carbamates (subject to hydrolysis) is 1. The molecule has 9 rings (SSSR count). The third kappa shape index (κ3) is 12.5. The number of carbonyl (C=O) groups excluding carboxylic acids is 5. The Morgan fingerprint density at radius 1 is 0.824 bits per heavy atom. The Hall–Kier alpha value is -4.51. The van der Waals surface area contributed by atoms with Gasteiger partial charge in [0.25, 0.3) is 0 Å². The number of aliphatic hydroxyl groups excluding tert-OH is 4. The van der Waals surface area contributed by atoms with Crippen LogP contribution in [0.15, 0.2) is 58.4 Å². The van der Waals surface area contributed by atoms with Crippen molar-refractivity contribution in [2.24, 2.45) is 40.9 Å². The minimum Gasteiger partial charge on any atom is -0.600 e. The first-order chi connectivity index (χ1) is 40.0. The van der Waals surface area contributed by atoms with E-state index in [9.17, 15) is 50.0 Å². The van der Waals surface area contributed by atoms with E-state index in [1.165, 1.54) is 27.0 Å². The Balaban J connectivity index is 1.05. The van der Waals surface area contributed by atoms with Crippen LogP contribution in [0.3, 0.4) is 0 Å². The van der Waals surface area contributed by atoms with Gasteiger partial charge in [0.05, 0.1) is 87.1 Å². The number of aliphatic hydroxyl groups is 4. The fourth-order valence-electron chi connectivity index (χ4n) is 15.5. The van der Waals surface area contributed by atoms with Crippen molar-refractivity contribution in [2.45, 2.75) is 237 Å². The molecule has 85 heavy (non-hydrogen) atoms. The quantitative estimate of drug-likeness (QED) is 0.0367. The predicted molar refractivity (Wildman–Crippen MR) is 296 cm³/mol. The van der Waals surface area contributed by atoms with Crippen molar-refractivity contribution in [1.29, 1.82) is 0 Å². The molecule has 0 aromatic carbocycles. The summed E-state index contributed by atoms with van der Waals surface area (Å²) < 4.78 is 68.8. The lowest BCUT2D eigenvalue weighted by Gasteiger charge is -2.56. The maximum atomic E-state index is 15.5. The van der Waals surface area contributed by atoms with E-state index in [1.54, 1.807) is 33.8 Å². The average Bonchev–Trinajstić information content (AvgIpc) is 2.03. The fourth-order valence-corrected chi connectivity index (χ4v) is 15.5. The van der Waals surface area contributed by atoms with Crippen molar-refractivity contribution in [3.8, 4) is 0 Å². The van der Waals surface area contributed by atoms with Crippen LogP contribution in [-0.2, 0) is 71.3 Å². The van der Waals surface area contributed by atoms with Gasteiger partial charge in [-0.3, -0.25) is 14.4 Å². The lowest BCUT2D eigenvalue weighted by atomic mass is 9.49. The van der Waals surface area contributed by atoms with Gasteiger partial charge in [0, 0.05) is 49.9 Å². The first-order valence-electron chi connectivity index (χ1n) is 29.9. The number of amides is 1. The first-order valence-corrected chi connectivity index (χ1v) is 29.9. The molecule has 5 aliphatic heterocycles. The monoisotopic (exact) mass is 1200 g/mol. The van der Waals surface area contributed by atoms with Gasteiger partial charge < -0.3 is 83.1 Å². The van der Waals surface area contributed by atoms with E-state index < -0.39 is 185 Å². The van der Waals surface area contributed by atoms with E-state index in [0.29, 0.717) is 24.7 Å². The van der Waals surface area contributed by atoms with Crippen LogP contribution < -0.4 is 10.5 Å². The molecule has 27 unspecified atom stereocenters. The largest absolute Gasteiger partial charge is 0.600 e. The summed E-state index contributed by atoms with van der Waals surface area (Å²) in [6.45, 7) is 19.5. The molecule has 5 heterocycles. The number of nitrogens with one attached hydrogen (secondary N) is 2. The Morgan fingerprint density at radius 3 is 2.19 bits per heavy atom. The summed E-state index contributed by atoms with van der Waals surface area (Å²) in [6, 6.07) is -1.02. The highest BCUT2D eigenvalue weighted by Gasteiger charge is 2.65. The summed E-state index contributed by atoms with van der Waals surface area (Å²) in [4.78, 5) is 67.8. The highest BCUT2D eigenvalue weighted by molar-refractivity contribution is 6.26. The van der Waals surface area contributed by atoms with Crippen molar-refractivity contribution >= 4 is 30.1 Å². The summed E-state index contributed by atoms with van der Waals surface area (Å²) >= 11 is 0. The van der Waals surface area contributed by atoms with Crippen LogP contribution in [0.2, 0.25) is 0 Å². The SMILES string of the molecule is COC(=O)NC1C(C)OC(OC2CC=C(C)C3C=CC4C(OC5CC(OC6COC(C)C(OC7CC(O)C(O)C(C)O7)C6)C(OC(C)=O)C(C)O5)C(C)CC(C)C4C3(C)C(O)=C3C(=O)OC4(CC(C=O)=CC(O)C4C=C2C)C3=O)CC1(C)[NH+]([O-])O. The molecule has 7 N–H and O–H groups in total. The maximum absolute atomic E-state index is 15.5. The highest BCUT2D eigenvalue weighted by Crippen LogP contribution is 2.61. The zero-order valence-electron chi connectivity index (χ0n) is 50.6. The van der Waals surface area contributed by atoms with Crippen LogP contribution in [0.1, 0.15) is 121 Å². The van der Waals surface area contributed by atoms with Gasteiger partial charge in [-0.2, -0.15) is 0 Å². The lowest BCUT2D eigenvalue weighted by molar-refractivity contribution is -1.09. The number of fused-ring (bicyclic) bond motifs is 4. The molecule has 1 amide bonds. The number of ether oxygens (including phenoxy) is 11. The van der Waals surface area contributed by atoms with Crippen molar-refractivity contribution in [3.05, 3.63) is 63.6 Å². The normalized spacial score (nSPS) is 46.2. The lowest BCUT2D eigenvalue weighted by Crippen LogP contribution is -3.17. The summed E-state index contributed by atoms with van der Waals surface area (Å²) in [5.74, 6) is -6.35. The number of quaternary nitrogens is 1. The summed E-state index contributed by atoms with van der Waals surface area (Å²) in [7, 11) is 1.17. The number of ketones is 1. The average molecular weight is 1200 g/mol. The third-order valence-corrected chi connectivity index (χ3v) is 20.0. The van der Waals surface area contributed by atoms with Gasteiger partial charge in [0.1, 0.15) is 35.9 Å². The Bertz CT molecular complexity index is 2660. The second-order valence-electron chi connectivity index (χ2n) is 25.8.